The predicted molar refractivity (Wildman–Crippen MR) is 85.6 cm³/mol. The van der Waals surface area contributed by atoms with Gasteiger partial charge in [0.2, 0.25) is 5.91 Å². The zero-order valence-corrected chi connectivity index (χ0v) is 13.2. The average molecular weight is 290 g/mol. The third-order valence-corrected chi connectivity index (χ3v) is 3.74. The lowest BCUT2D eigenvalue weighted by Crippen LogP contribution is -2.40. The molecule has 1 amide bonds. The summed E-state index contributed by atoms with van der Waals surface area (Å²) in [7, 11) is 0. The molecule has 0 saturated carbocycles. The van der Waals surface area contributed by atoms with Gasteiger partial charge < -0.3 is 16.0 Å². The van der Waals surface area contributed by atoms with E-state index in [2.05, 4.69) is 29.0 Å². The fourth-order valence-corrected chi connectivity index (χ4v) is 2.84. The Labute approximate surface area is 126 Å². The van der Waals surface area contributed by atoms with Crippen molar-refractivity contribution in [2.75, 3.05) is 24.5 Å². The number of anilines is 1. The Hall–Kier alpha value is -1.62. The second kappa shape index (κ2) is 6.89. The molecule has 0 aliphatic carbocycles. The molecule has 0 aromatic carbocycles. The largest absolute Gasteiger partial charge is 0.366 e. The van der Waals surface area contributed by atoms with E-state index in [1.807, 2.05) is 13.0 Å². The molecule has 1 aromatic heterocycles. The number of aryl methyl sites for hydroxylation is 1. The monoisotopic (exact) mass is 290 g/mol. The van der Waals surface area contributed by atoms with Crippen molar-refractivity contribution in [1.82, 2.24) is 10.3 Å². The standard InChI is InChI=1S/C16H26N4O/c1-11(2)9-20(10-14-5-4-6-18-14)15-8-13(16(17)21)7-12(3)19-15/h7-8,11,14,18H,4-6,9-10H2,1-3H3,(H2,17,21). The van der Waals surface area contributed by atoms with Crippen LogP contribution < -0.4 is 16.0 Å². The highest BCUT2D eigenvalue weighted by Gasteiger charge is 2.20. The Bertz CT molecular complexity index is 495. The van der Waals surface area contributed by atoms with Gasteiger partial charge in [-0.05, 0) is 44.4 Å². The summed E-state index contributed by atoms with van der Waals surface area (Å²) >= 11 is 0. The Kier molecular flexibility index (Phi) is 5.17. The van der Waals surface area contributed by atoms with Crippen LogP contribution in [0.15, 0.2) is 12.1 Å². The first-order valence-electron chi connectivity index (χ1n) is 7.72. The van der Waals surface area contributed by atoms with Gasteiger partial charge >= 0.3 is 0 Å². The molecule has 116 valence electrons. The van der Waals surface area contributed by atoms with Crippen LogP contribution in [-0.4, -0.2) is 36.6 Å². The van der Waals surface area contributed by atoms with Crippen LogP contribution in [-0.2, 0) is 0 Å². The third kappa shape index (κ3) is 4.43. The molecule has 2 rings (SSSR count). The predicted octanol–water partition coefficient (Wildman–Crippen LogP) is 1.70. The van der Waals surface area contributed by atoms with E-state index < -0.39 is 5.91 Å². The maximum absolute atomic E-state index is 11.5. The number of hydrogen-bond acceptors (Lipinski definition) is 4. The van der Waals surface area contributed by atoms with Gasteiger partial charge in [0.15, 0.2) is 0 Å². The van der Waals surface area contributed by atoms with Crippen molar-refractivity contribution in [3.05, 3.63) is 23.4 Å². The summed E-state index contributed by atoms with van der Waals surface area (Å²) < 4.78 is 0. The third-order valence-electron chi connectivity index (χ3n) is 3.74. The van der Waals surface area contributed by atoms with Crippen LogP contribution in [0.4, 0.5) is 5.82 Å². The Balaban J connectivity index is 2.23. The molecular weight excluding hydrogens is 264 g/mol. The summed E-state index contributed by atoms with van der Waals surface area (Å²) in [6.45, 7) is 9.23. The van der Waals surface area contributed by atoms with E-state index in [0.29, 0.717) is 17.5 Å². The summed E-state index contributed by atoms with van der Waals surface area (Å²) in [5.41, 5.74) is 6.78. The molecule has 2 heterocycles. The lowest BCUT2D eigenvalue weighted by Gasteiger charge is -2.29. The maximum atomic E-state index is 11.5. The zero-order valence-electron chi connectivity index (χ0n) is 13.2. The van der Waals surface area contributed by atoms with Gasteiger partial charge in [-0.2, -0.15) is 0 Å². The van der Waals surface area contributed by atoms with E-state index in [0.717, 1.165) is 31.1 Å². The highest BCUT2D eigenvalue weighted by molar-refractivity contribution is 5.93. The van der Waals surface area contributed by atoms with Crippen molar-refractivity contribution in [3.8, 4) is 0 Å². The Morgan fingerprint density at radius 1 is 1.52 bits per heavy atom. The molecule has 0 radical (unpaired) electrons. The summed E-state index contributed by atoms with van der Waals surface area (Å²) in [4.78, 5) is 18.3. The first-order chi connectivity index (χ1) is 9.95. The van der Waals surface area contributed by atoms with Crippen LogP contribution >= 0.6 is 0 Å². The Morgan fingerprint density at radius 2 is 2.29 bits per heavy atom. The number of pyridine rings is 1. The van der Waals surface area contributed by atoms with Crippen LogP contribution in [0.3, 0.4) is 0 Å². The second-order valence-electron chi connectivity index (χ2n) is 6.31. The van der Waals surface area contributed by atoms with Crippen LogP contribution in [0, 0.1) is 12.8 Å². The number of hydrogen-bond donors (Lipinski definition) is 2. The van der Waals surface area contributed by atoms with E-state index >= 15 is 0 Å². The minimum absolute atomic E-state index is 0.398. The summed E-state index contributed by atoms with van der Waals surface area (Å²) in [6, 6.07) is 4.06. The van der Waals surface area contributed by atoms with Crippen molar-refractivity contribution in [2.45, 2.75) is 39.7 Å². The fourth-order valence-electron chi connectivity index (χ4n) is 2.84. The molecule has 5 nitrogen and oxygen atoms in total. The quantitative estimate of drug-likeness (QED) is 0.836. The van der Waals surface area contributed by atoms with Gasteiger partial charge in [0.05, 0.1) is 0 Å². The van der Waals surface area contributed by atoms with Crippen LogP contribution in [0.2, 0.25) is 0 Å². The number of carbonyl (C=O) groups excluding carboxylic acids is 1. The normalized spacial score (nSPS) is 18.2. The van der Waals surface area contributed by atoms with Crippen molar-refractivity contribution in [2.24, 2.45) is 11.7 Å². The molecule has 1 aliphatic heterocycles. The molecular formula is C16H26N4O. The van der Waals surface area contributed by atoms with Gasteiger partial charge in [-0.15, -0.1) is 0 Å². The number of primary amides is 1. The number of nitrogens with one attached hydrogen (secondary N) is 1. The molecule has 1 saturated heterocycles. The molecule has 1 aliphatic rings. The van der Waals surface area contributed by atoms with Crippen molar-refractivity contribution < 1.29 is 4.79 Å². The van der Waals surface area contributed by atoms with Gasteiger partial charge in [-0.25, -0.2) is 4.98 Å². The number of nitrogens with two attached hydrogens (primary N) is 1. The smallest absolute Gasteiger partial charge is 0.248 e. The molecule has 1 fully saturated rings. The maximum Gasteiger partial charge on any atom is 0.248 e. The van der Waals surface area contributed by atoms with Gasteiger partial charge in [-0.1, -0.05) is 13.8 Å². The van der Waals surface area contributed by atoms with Gasteiger partial charge in [0.1, 0.15) is 5.82 Å². The first kappa shape index (κ1) is 15.8. The highest BCUT2D eigenvalue weighted by Crippen LogP contribution is 2.19. The van der Waals surface area contributed by atoms with E-state index in [9.17, 15) is 4.79 Å². The minimum Gasteiger partial charge on any atom is -0.366 e. The van der Waals surface area contributed by atoms with Crippen LogP contribution in [0.5, 0.6) is 0 Å². The topological polar surface area (TPSA) is 71.2 Å². The zero-order chi connectivity index (χ0) is 15.4. The molecule has 1 atom stereocenters. The number of nitrogens with zero attached hydrogens (tertiary/aromatic N) is 2. The van der Waals surface area contributed by atoms with Crippen molar-refractivity contribution in [1.29, 1.82) is 0 Å². The SMILES string of the molecule is Cc1cc(C(N)=O)cc(N(CC(C)C)CC2CCCN2)n1. The minimum atomic E-state index is -0.398. The first-order valence-corrected chi connectivity index (χ1v) is 7.72. The van der Waals surface area contributed by atoms with Gasteiger partial charge in [0.25, 0.3) is 0 Å². The fraction of sp³-hybridized carbons (Fsp3) is 0.625. The molecule has 0 spiro atoms. The number of aromatic nitrogens is 1. The van der Waals surface area contributed by atoms with Crippen LogP contribution in [0.25, 0.3) is 0 Å². The molecule has 0 bridgehead atoms. The number of carbonyl (C=O) groups is 1. The molecule has 21 heavy (non-hydrogen) atoms. The van der Waals surface area contributed by atoms with E-state index in [1.165, 1.54) is 12.8 Å². The Morgan fingerprint density at radius 3 is 2.86 bits per heavy atom. The molecule has 1 aromatic rings. The molecule has 1 unspecified atom stereocenters. The summed E-state index contributed by atoms with van der Waals surface area (Å²) in [6.07, 6.45) is 2.43. The number of amides is 1. The van der Waals surface area contributed by atoms with Crippen molar-refractivity contribution in [3.63, 3.8) is 0 Å². The summed E-state index contributed by atoms with van der Waals surface area (Å²) in [5.74, 6) is 0.988. The highest BCUT2D eigenvalue weighted by atomic mass is 16.1. The van der Waals surface area contributed by atoms with Gasteiger partial charge in [0, 0.05) is 30.4 Å². The molecule has 5 heteroatoms. The van der Waals surface area contributed by atoms with Crippen molar-refractivity contribution >= 4 is 11.7 Å². The number of rotatable bonds is 6. The molecule has 3 N–H and O–H groups in total. The summed E-state index contributed by atoms with van der Waals surface area (Å²) in [5, 5.41) is 3.52. The second-order valence-corrected chi connectivity index (χ2v) is 6.31. The van der Waals surface area contributed by atoms with Gasteiger partial charge in [-0.3, -0.25) is 4.79 Å². The lowest BCUT2D eigenvalue weighted by molar-refractivity contribution is 0.1000. The van der Waals surface area contributed by atoms with E-state index in [1.54, 1.807) is 6.07 Å². The lowest BCUT2D eigenvalue weighted by atomic mass is 10.1. The van der Waals surface area contributed by atoms with E-state index in [4.69, 9.17) is 5.73 Å². The average Bonchev–Trinajstić information content (AvgIpc) is 2.89. The van der Waals surface area contributed by atoms with E-state index in [-0.39, 0.29) is 0 Å². The van der Waals surface area contributed by atoms with Crippen LogP contribution in [0.1, 0.15) is 42.7 Å².